The number of aryl methyl sites for hydroxylation is 1. The molecule has 0 radical (unpaired) electrons. The molecule has 0 saturated carbocycles. The molecule has 0 bridgehead atoms. The Morgan fingerprint density at radius 3 is 2.25 bits per heavy atom. The lowest BCUT2D eigenvalue weighted by molar-refractivity contribution is -0.148. The number of halogens is 1. The van der Waals surface area contributed by atoms with Gasteiger partial charge in [-0.3, -0.25) is 4.79 Å². The van der Waals surface area contributed by atoms with Crippen LogP contribution in [0.4, 0.5) is 0 Å². The molecular formula is C16H23BrO3. The molecule has 0 aliphatic rings. The second kappa shape index (κ2) is 5.76. The van der Waals surface area contributed by atoms with Gasteiger partial charge in [0, 0.05) is 5.56 Å². The zero-order valence-electron chi connectivity index (χ0n) is 13.0. The molecule has 0 spiro atoms. The molecule has 0 saturated heterocycles. The molecule has 1 N–H and O–H groups in total. The number of ether oxygens (including phenoxy) is 1. The Morgan fingerprint density at radius 2 is 1.80 bits per heavy atom. The van der Waals surface area contributed by atoms with Gasteiger partial charge in [0.05, 0.1) is 9.89 Å². The van der Waals surface area contributed by atoms with Gasteiger partial charge in [-0.1, -0.05) is 26.8 Å². The third-order valence-corrected chi connectivity index (χ3v) is 3.74. The summed E-state index contributed by atoms with van der Waals surface area (Å²) in [4.78, 5) is 11.2. The fourth-order valence-corrected chi connectivity index (χ4v) is 2.44. The molecule has 4 heteroatoms. The molecule has 112 valence electrons. The number of hydrogen-bond donors (Lipinski definition) is 1. The van der Waals surface area contributed by atoms with Crippen LogP contribution in [0, 0.1) is 12.3 Å². The van der Waals surface area contributed by atoms with Crippen molar-refractivity contribution < 1.29 is 14.6 Å². The number of carboxylic acid groups (broad SMARTS) is 1. The third kappa shape index (κ3) is 3.98. The molecule has 20 heavy (non-hydrogen) atoms. The van der Waals surface area contributed by atoms with E-state index in [4.69, 9.17) is 4.74 Å². The minimum absolute atomic E-state index is 0.0722. The normalized spacial score (nSPS) is 12.3. The topological polar surface area (TPSA) is 46.5 Å². The maximum absolute atomic E-state index is 11.2. The van der Waals surface area contributed by atoms with E-state index in [0.717, 1.165) is 21.3 Å². The number of aliphatic carboxylic acids is 1. The maximum atomic E-state index is 11.2. The Hall–Kier alpha value is -1.03. The summed E-state index contributed by atoms with van der Waals surface area (Å²) in [6.07, 6.45) is 0. The van der Waals surface area contributed by atoms with Gasteiger partial charge >= 0.3 is 5.97 Å². The maximum Gasteiger partial charge on any atom is 0.312 e. The van der Waals surface area contributed by atoms with Crippen LogP contribution in [0.15, 0.2) is 16.6 Å². The van der Waals surface area contributed by atoms with Gasteiger partial charge in [0.2, 0.25) is 0 Å². The van der Waals surface area contributed by atoms with E-state index in [1.807, 2.05) is 13.0 Å². The van der Waals surface area contributed by atoms with Gasteiger partial charge in [-0.25, -0.2) is 0 Å². The molecule has 0 atom stereocenters. The van der Waals surface area contributed by atoms with E-state index in [1.54, 1.807) is 13.8 Å². The standard InChI is InChI=1S/C16H23BrO3/c1-10-7-11(15(2,3)4)13(12(17)8-10)20-9-16(5,6)14(18)19/h7-8H,9H2,1-6H3,(H,18,19). The molecule has 0 amide bonds. The number of hydrogen-bond acceptors (Lipinski definition) is 2. The molecule has 0 aliphatic heterocycles. The summed E-state index contributed by atoms with van der Waals surface area (Å²) in [5.41, 5.74) is 1.23. The monoisotopic (exact) mass is 342 g/mol. The van der Waals surface area contributed by atoms with Crippen molar-refractivity contribution in [3.63, 3.8) is 0 Å². The Labute approximate surface area is 129 Å². The van der Waals surface area contributed by atoms with Gasteiger partial charge in [0.15, 0.2) is 0 Å². The average Bonchev–Trinajstić information content (AvgIpc) is 2.25. The van der Waals surface area contributed by atoms with Crippen LogP contribution in [-0.2, 0) is 10.2 Å². The molecule has 0 aliphatic carbocycles. The lowest BCUT2D eigenvalue weighted by Gasteiger charge is -2.27. The Bertz CT molecular complexity index is 513. The van der Waals surface area contributed by atoms with Crippen LogP contribution in [-0.4, -0.2) is 17.7 Å². The zero-order valence-corrected chi connectivity index (χ0v) is 14.6. The fourth-order valence-electron chi connectivity index (χ4n) is 1.75. The smallest absolute Gasteiger partial charge is 0.312 e. The van der Waals surface area contributed by atoms with Crippen molar-refractivity contribution in [3.8, 4) is 5.75 Å². The SMILES string of the molecule is Cc1cc(Br)c(OCC(C)(C)C(=O)O)c(C(C)(C)C)c1. The van der Waals surface area contributed by atoms with Gasteiger partial charge in [0.25, 0.3) is 0 Å². The molecule has 1 rings (SSSR count). The zero-order chi connectivity index (χ0) is 15.7. The second-order valence-electron chi connectivity index (χ2n) is 6.85. The summed E-state index contributed by atoms with van der Waals surface area (Å²) in [6.45, 7) is 11.8. The van der Waals surface area contributed by atoms with Crippen molar-refractivity contribution in [2.75, 3.05) is 6.61 Å². The van der Waals surface area contributed by atoms with Crippen LogP contribution < -0.4 is 4.74 Å². The number of rotatable bonds is 4. The number of carboxylic acids is 1. The van der Waals surface area contributed by atoms with Crippen LogP contribution >= 0.6 is 15.9 Å². The highest BCUT2D eigenvalue weighted by atomic mass is 79.9. The summed E-state index contributed by atoms with van der Waals surface area (Å²) in [6, 6.07) is 4.08. The van der Waals surface area contributed by atoms with Crippen molar-refractivity contribution in [1.29, 1.82) is 0 Å². The van der Waals surface area contributed by atoms with E-state index in [0.29, 0.717) is 0 Å². The quantitative estimate of drug-likeness (QED) is 0.873. The van der Waals surface area contributed by atoms with Crippen molar-refractivity contribution in [2.24, 2.45) is 5.41 Å². The second-order valence-corrected chi connectivity index (χ2v) is 7.71. The van der Waals surface area contributed by atoms with Gasteiger partial charge in [-0.05, 0) is 53.7 Å². The summed E-state index contributed by atoms with van der Waals surface area (Å²) in [7, 11) is 0. The van der Waals surface area contributed by atoms with E-state index >= 15 is 0 Å². The Kier molecular flexibility index (Phi) is 4.90. The highest BCUT2D eigenvalue weighted by molar-refractivity contribution is 9.10. The van der Waals surface area contributed by atoms with Gasteiger partial charge < -0.3 is 9.84 Å². The predicted octanol–water partition coefficient (Wildman–Crippen LogP) is 4.54. The van der Waals surface area contributed by atoms with E-state index in [9.17, 15) is 9.90 Å². The molecule has 0 heterocycles. The first kappa shape index (κ1) is 17.0. The lowest BCUT2D eigenvalue weighted by Crippen LogP contribution is -2.31. The lowest BCUT2D eigenvalue weighted by atomic mass is 9.85. The average molecular weight is 343 g/mol. The molecule has 3 nitrogen and oxygen atoms in total. The highest BCUT2D eigenvalue weighted by Gasteiger charge is 2.30. The van der Waals surface area contributed by atoms with Crippen LogP contribution in [0.5, 0.6) is 5.75 Å². The molecule has 1 aromatic carbocycles. The molecular weight excluding hydrogens is 320 g/mol. The van der Waals surface area contributed by atoms with Crippen LogP contribution in [0.25, 0.3) is 0 Å². The van der Waals surface area contributed by atoms with Gasteiger partial charge in [-0.15, -0.1) is 0 Å². The summed E-state index contributed by atoms with van der Waals surface area (Å²) in [5, 5.41) is 9.17. The van der Waals surface area contributed by atoms with E-state index in [2.05, 4.69) is 42.8 Å². The summed E-state index contributed by atoms with van der Waals surface area (Å²) >= 11 is 3.52. The molecule has 0 aromatic heterocycles. The molecule has 1 aromatic rings. The van der Waals surface area contributed by atoms with Crippen molar-refractivity contribution >= 4 is 21.9 Å². The van der Waals surface area contributed by atoms with Crippen molar-refractivity contribution in [2.45, 2.75) is 47.0 Å². The Balaban J connectivity index is 3.15. The first-order valence-electron chi connectivity index (χ1n) is 6.62. The first-order chi connectivity index (χ1) is 8.95. The summed E-state index contributed by atoms with van der Waals surface area (Å²) < 4.78 is 6.71. The van der Waals surface area contributed by atoms with Gasteiger partial charge in [0.1, 0.15) is 12.4 Å². The molecule has 0 unspecified atom stereocenters. The molecule has 0 fully saturated rings. The first-order valence-corrected chi connectivity index (χ1v) is 7.41. The third-order valence-electron chi connectivity index (χ3n) is 3.15. The number of carbonyl (C=O) groups is 1. The fraction of sp³-hybridized carbons (Fsp3) is 0.562. The summed E-state index contributed by atoms with van der Waals surface area (Å²) in [5.74, 6) is -0.129. The largest absolute Gasteiger partial charge is 0.491 e. The highest BCUT2D eigenvalue weighted by Crippen LogP contribution is 2.38. The predicted molar refractivity (Wildman–Crippen MR) is 84.5 cm³/mol. The minimum atomic E-state index is -0.917. The van der Waals surface area contributed by atoms with Crippen molar-refractivity contribution in [1.82, 2.24) is 0 Å². The Morgan fingerprint density at radius 1 is 1.25 bits per heavy atom. The number of benzene rings is 1. The van der Waals surface area contributed by atoms with E-state index in [1.165, 1.54) is 0 Å². The van der Waals surface area contributed by atoms with E-state index < -0.39 is 11.4 Å². The minimum Gasteiger partial charge on any atom is -0.491 e. The van der Waals surface area contributed by atoms with E-state index in [-0.39, 0.29) is 12.0 Å². The van der Waals surface area contributed by atoms with Crippen LogP contribution in [0.3, 0.4) is 0 Å². The van der Waals surface area contributed by atoms with Crippen LogP contribution in [0.2, 0.25) is 0 Å². The van der Waals surface area contributed by atoms with Gasteiger partial charge in [-0.2, -0.15) is 0 Å². The van der Waals surface area contributed by atoms with Crippen LogP contribution in [0.1, 0.15) is 45.7 Å². The van der Waals surface area contributed by atoms with Crippen molar-refractivity contribution in [3.05, 3.63) is 27.7 Å².